The number of rotatable bonds is 6. The molecule has 0 aliphatic carbocycles. The molecule has 0 bridgehead atoms. The topological polar surface area (TPSA) is 130 Å². The van der Waals surface area contributed by atoms with E-state index in [9.17, 15) is 22.9 Å². The molecular weight excluding hydrogens is 377 g/mol. The largest absolute Gasteiger partial charge is 0.277 e. The Morgan fingerprint density at radius 1 is 1.15 bits per heavy atom. The summed E-state index contributed by atoms with van der Waals surface area (Å²) in [6.07, 6.45) is 2.67. The third kappa shape index (κ3) is 4.15. The van der Waals surface area contributed by atoms with Gasteiger partial charge in [-0.1, -0.05) is 0 Å². The Morgan fingerprint density at radius 2 is 1.81 bits per heavy atom. The van der Waals surface area contributed by atoms with Crippen LogP contribution in [0.5, 0.6) is 0 Å². The third-order valence-corrected chi connectivity index (χ3v) is 4.77. The van der Waals surface area contributed by atoms with E-state index in [2.05, 4.69) is 15.3 Å². The lowest BCUT2D eigenvalue weighted by Crippen LogP contribution is -2.18. The van der Waals surface area contributed by atoms with E-state index in [-0.39, 0.29) is 16.4 Å². The number of nitrogens with one attached hydrogen (secondary N) is 2. The first kappa shape index (κ1) is 18.2. The summed E-state index contributed by atoms with van der Waals surface area (Å²) in [5.74, 6) is -0.385. The van der Waals surface area contributed by atoms with Gasteiger partial charge in [-0.3, -0.25) is 15.2 Å². The van der Waals surface area contributed by atoms with E-state index < -0.39 is 14.9 Å². The fraction of sp³-hybridized carbons (Fsp3) is 0. The van der Waals surface area contributed by atoms with Gasteiger partial charge in [0.05, 0.1) is 27.9 Å². The Balaban J connectivity index is 1.76. The highest BCUT2D eigenvalue weighted by atomic mass is 32.2. The van der Waals surface area contributed by atoms with Crippen LogP contribution in [-0.4, -0.2) is 29.8 Å². The molecule has 0 saturated heterocycles. The monoisotopic (exact) mass is 389 g/mol. The molecule has 0 saturated carbocycles. The molecule has 0 fully saturated rings. The molecule has 9 nitrogen and oxygen atoms in total. The Kier molecular flexibility index (Phi) is 4.94. The summed E-state index contributed by atoms with van der Waals surface area (Å²) in [5.41, 5.74) is 1.44. The zero-order valence-corrected chi connectivity index (χ0v) is 14.4. The fourth-order valence-electron chi connectivity index (χ4n) is 2.21. The number of benzene rings is 2. The Hall–Kier alpha value is -3.60. The summed E-state index contributed by atoms with van der Waals surface area (Å²) in [4.78, 5) is 11.8. The maximum Gasteiger partial charge on any atom is 0.276 e. The maximum atomic E-state index is 13.0. The van der Waals surface area contributed by atoms with Crippen LogP contribution in [0.3, 0.4) is 0 Å². The molecule has 27 heavy (non-hydrogen) atoms. The summed E-state index contributed by atoms with van der Waals surface area (Å²) in [5, 5.41) is 20.9. The molecule has 0 aliphatic rings. The number of hydrogen-bond donors (Lipinski definition) is 2. The first-order chi connectivity index (χ1) is 12.9. The van der Waals surface area contributed by atoms with Gasteiger partial charge in [0.15, 0.2) is 0 Å². The van der Waals surface area contributed by atoms with Crippen LogP contribution in [0.25, 0.3) is 11.3 Å². The second kappa shape index (κ2) is 7.33. The molecule has 2 N–H and O–H groups in total. The van der Waals surface area contributed by atoms with Crippen LogP contribution in [0.2, 0.25) is 0 Å². The highest BCUT2D eigenvalue weighted by Gasteiger charge is 2.15. The van der Waals surface area contributed by atoms with E-state index in [1.54, 1.807) is 12.1 Å². The highest BCUT2D eigenvalue weighted by molar-refractivity contribution is 7.89. The number of aromatic amines is 1. The van der Waals surface area contributed by atoms with Crippen LogP contribution >= 0.6 is 0 Å². The molecule has 1 heterocycles. The van der Waals surface area contributed by atoms with Crippen molar-refractivity contribution in [2.75, 3.05) is 0 Å². The van der Waals surface area contributed by atoms with Crippen molar-refractivity contribution in [2.45, 2.75) is 4.90 Å². The number of hydrazone groups is 1. The minimum Gasteiger partial charge on any atom is -0.277 e. The van der Waals surface area contributed by atoms with Crippen molar-refractivity contribution in [1.82, 2.24) is 15.0 Å². The van der Waals surface area contributed by atoms with Crippen molar-refractivity contribution in [2.24, 2.45) is 5.10 Å². The molecule has 0 unspecified atom stereocenters. The number of sulfonamides is 1. The summed E-state index contributed by atoms with van der Waals surface area (Å²) >= 11 is 0. The van der Waals surface area contributed by atoms with Crippen molar-refractivity contribution in [3.8, 4) is 11.3 Å². The standard InChI is InChI=1S/C16H12FN5O4S/c17-13-3-1-11(2-4-13)16-12(9-18-20-16)10-19-21-27(25,26)15-7-5-14(6-8-15)22(23)24/h1-10,21H,(H,18,20)/b19-10+. The van der Waals surface area contributed by atoms with Gasteiger partial charge >= 0.3 is 0 Å². The van der Waals surface area contributed by atoms with Gasteiger partial charge in [-0.05, 0) is 36.4 Å². The lowest BCUT2D eigenvalue weighted by molar-refractivity contribution is -0.384. The van der Waals surface area contributed by atoms with E-state index in [1.165, 1.54) is 24.5 Å². The summed E-state index contributed by atoms with van der Waals surface area (Å²) < 4.78 is 37.4. The van der Waals surface area contributed by atoms with Gasteiger partial charge in [-0.25, -0.2) is 9.22 Å². The second-order valence-electron chi connectivity index (χ2n) is 5.31. The number of non-ortho nitro benzene ring substituents is 1. The van der Waals surface area contributed by atoms with Crippen LogP contribution in [0.15, 0.2) is 64.7 Å². The Bertz CT molecular complexity index is 1090. The number of nitrogens with zero attached hydrogens (tertiary/aromatic N) is 3. The molecule has 0 radical (unpaired) electrons. The van der Waals surface area contributed by atoms with Gasteiger partial charge in [0.25, 0.3) is 15.7 Å². The average Bonchev–Trinajstić information content (AvgIpc) is 3.11. The lowest BCUT2D eigenvalue weighted by atomic mass is 10.1. The van der Waals surface area contributed by atoms with E-state index in [0.29, 0.717) is 16.8 Å². The van der Waals surface area contributed by atoms with E-state index in [4.69, 9.17) is 0 Å². The van der Waals surface area contributed by atoms with Gasteiger partial charge in [0.1, 0.15) is 5.82 Å². The lowest BCUT2D eigenvalue weighted by Gasteiger charge is -2.03. The average molecular weight is 389 g/mol. The van der Waals surface area contributed by atoms with E-state index >= 15 is 0 Å². The highest BCUT2D eigenvalue weighted by Crippen LogP contribution is 2.20. The number of halogens is 1. The molecular formula is C16H12FN5O4S. The molecule has 138 valence electrons. The molecule has 11 heteroatoms. The van der Waals surface area contributed by atoms with Gasteiger partial charge in [-0.2, -0.15) is 18.6 Å². The van der Waals surface area contributed by atoms with Crippen molar-refractivity contribution in [1.29, 1.82) is 0 Å². The SMILES string of the molecule is O=[N+]([O-])c1ccc(S(=O)(=O)N/N=C/c2cn[nH]c2-c2ccc(F)cc2)cc1. The van der Waals surface area contributed by atoms with Crippen LogP contribution in [-0.2, 0) is 10.0 Å². The zero-order chi connectivity index (χ0) is 19.4. The smallest absolute Gasteiger partial charge is 0.276 e. The molecule has 1 aromatic heterocycles. The van der Waals surface area contributed by atoms with Crippen molar-refractivity contribution in [3.63, 3.8) is 0 Å². The molecule has 0 atom stereocenters. The molecule has 3 aromatic rings. The Labute approximate surface area is 152 Å². The Morgan fingerprint density at radius 3 is 2.44 bits per heavy atom. The molecule has 0 amide bonds. The molecule has 0 aliphatic heterocycles. The zero-order valence-electron chi connectivity index (χ0n) is 13.5. The predicted molar refractivity (Wildman–Crippen MR) is 95.0 cm³/mol. The normalized spacial score (nSPS) is 11.6. The fourth-order valence-corrected chi connectivity index (χ4v) is 3.00. The van der Waals surface area contributed by atoms with Gasteiger partial charge in [-0.15, -0.1) is 0 Å². The summed E-state index contributed by atoms with van der Waals surface area (Å²) in [6.45, 7) is 0. The first-order valence-corrected chi connectivity index (χ1v) is 8.94. The number of hydrogen-bond acceptors (Lipinski definition) is 6. The summed E-state index contributed by atoms with van der Waals surface area (Å²) in [6, 6.07) is 10.0. The van der Waals surface area contributed by atoms with Crippen molar-refractivity contribution < 1.29 is 17.7 Å². The molecule has 2 aromatic carbocycles. The number of H-pyrrole nitrogens is 1. The van der Waals surface area contributed by atoms with Gasteiger partial charge in [0, 0.05) is 23.3 Å². The molecule has 3 rings (SSSR count). The quantitative estimate of drug-likeness (QED) is 0.380. The number of nitro groups is 1. The predicted octanol–water partition coefficient (Wildman–Crippen LogP) is 2.44. The number of nitro benzene ring substituents is 1. The van der Waals surface area contributed by atoms with Crippen LogP contribution in [0.1, 0.15) is 5.56 Å². The minimum atomic E-state index is -3.99. The second-order valence-corrected chi connectivity index (χ2v) is 6.97. The van der Waals surface area contributed by atoms with Crippen LogP contribution < -0.4 is 4.83 Å². The van der Waals surface area contributed by atoms with Crippen LogP contribution in [0.4, 0.5) is 10.1 Å². The van der Waals surface area contributed by atoms with Crippen molar-refractivity contribution >= 4 is 21.9 Å². The number of aromatic nitrogens is 2. The third-order valence-electron chi connectivity index (χ3n) is 3.54. The van der Waals surface area contributed by atoms with Crippen LogP contribution in [0, 0.1) is 15.9 Å². The summed E-state index contributed by atoms with van der Waals surface area (Å²) in [7, 11) is -3.99. The van der Waals surface area contributed by atoms with Gasteiger partial charge in [0.2, 0.25) is 0 Å². The first-order valence-electron chi connectivity index (χ1n) is 7.45. The maximum absolute atomic E-state index is 13.0. The van der Waals surface area contributed by atoms with E-state index in [0.717, 1.165) is 24.3 Å². The van der Waals surface area contributed by atoms with Gasteiger partial charge < -0.3 is 0 Å². The minimum absolute atomic E-state index is 0.170. The van der Waals surface area contributed by atoms with E-state index in [1.807, 2.05) is 4.83 Å². The molecule has 0 spiro atoms. The van der Waals surface area contributed by atoms with Crippen molar-refractivity contribution in [3.05, 3.63) is 76.2 Å².